The Hall–Kier alpha value is -3.66. The predicted octanol–water partition coefficient (Wildman–Crippen LogP) is 7.47. The largest absolute Gasteiger partial charge is 0.354 e. The monoisotopic (exact) mass is 723 g/mol. The molecule has 242 valence electrons. The molecule has 0 aliphatic carbocycles. The predicted molar refractivity (Wildman–Crippen MR) is 188 cm³/mol. The first-order chi connectivity index (χ1) is 22.0. The Kier molecular flexibility index (Phi) is 12.4. The summed E-state index contributed by atoms with van der Waals surface area (Å²) < 4.78 is 30.3. The fourth-order valence-corrected chi connectivity index (χ4v) is 7.01. The van der Waals surface area contributed by atoms with E-state index >= 15 is 0 Å². The third-order valence-corrected chi connectivity index (χ3v) is 10.3. The van der Waals surface area contributed by atoms with Crippen LogP contribution in [0.5, 0.6) is 0 Å². The van der Waals surface area contributed by atoms with E-state index in [2.05, 4.69) is 21.2 Å². The minimum Gasteiger partial charge on any atom is -0.354 e. The van der Waals surface area contributed by atoms with Crippen molar-refractivity contribution in [2.75, 3.05) is 17.4 Å². The van der Waals surface area contributed by atoms with E-state index < -0.39 is 28.5 Å². The van der Waals surface area contributed by atoms with Gasteiger partial charge >= 0.3 is 0 Å². The van der Waals surface area contributed by atoms with Gasteiger partial charge in [-0.25, -0.2) is 8.42 Å². The quantitative estimate of drug-likeness (QED) is 0.137. The summed E-state index contributed by atoms with van der Waals surface area (Å²) in [6.07, 6.45) is 1.95. The van der Waals surface area contributed by atoms with Gasteiger partial charge in [-0.1, -0.05) is 89.4 Å². The van der Waals surface area contributed by atoms with Gasteiger partial charge in [0, 0.05) is 29.0 Å². The summed E-state index contributed by atoms with van der Waals surface area (Å²) in [6, 6.07) is 27.3. The number of hydrogen-bond acceptors (Lipinski definition) is 4. The summed E-state index contributed by atoms with van der Waals surface area (Å²) in [5, 5.41) is 3.40. The molecule has 0 aliphatic heterocycles. The number of unbranched alkanes of at least 4 members (excludes halogenated alkanes) is 1. The molecule has 7 nitrogen and oxygen atoms in total. The van der Waals surface area contributed by atoms with Crippen molar-refractivity contribution in [3.63, 3.8) is 0 Å². The van der Waals surface area contributed by atoms with Crippen LogP contribution in [0.15, 0.2) is 106 Å². The highest BCUT2D eigenvalue weighted by atomic mass is 79.9. The van der Waals surface area contributed by atoms with Gasteiger partial charge in [0.05, 0.1) is 10.6 Å². The molecule has 0 fully saturated rings. The highest BCUT2D eigenvalue weighted by Gasteiger charge is 2.34. The zero-order chi connectivity index (χ0) is 33.3. The van der Waals surface area contributed by atoms with E-state index in [1.807, 2.05) is 81.4 Å². The van der Waals surface area contributed by atoms with Crippen LogP contribution >= 0.6 is 27.5 Å². The summed E-state index contributed by atoms with van der Waals surface area (Å²) in [5.41, 5.74) is 3.89. The lowest BCUT2D eigenvalue weighted by molar-refractivity contribution is -0.140. The molecule has 0 bridgehead atoms. The van der Waals surface area contributed by atoms with Crippen LogP contribution in [0.3, 0.4) is 0 Å². The first-order valence-electron chi connectivity index (χ1n) is 15.2. The molecule has 1 atom stereocenters. The molecule has 46 heavy (non-hydrogen) atoms. The third-order valence-electron chi connectivity index (χ3n) is 7.80. The Bertz CT molecular complexity index is 1750. The Morgan fingerprint density at radius 1 is 0.870 bits per heavy atom. The Labute approximate surface area is 285 Å². The number of carbonyl (C=O) groups is 2. The lowest BCUT2D eigenvalue weighted by Crippen LogP contribution is -2.53. The molecule has 0 radical (unpaired) electrons. The fraction of sp³-hybridized carbons (Fsp3) is 0.278. The van der Waals surface area contributed by atoms with Gasteiger partial charge < -0.3 is 10.2 Å². The first kappa shape index (κ1) is 35.2. The van der Waals surface area contributed by atoms with E-state index in [4.69, 9.17) is 11.6 Å². The molecule has 4 rings (SSSR count). The van der Waals surface area contributed by atoms with E-state index in [1.54, 1.807) is 12.1 Å². The normalized spacial score (nSPS) is 11.9. The van der Waals surface area contributed by atoms with Crippen molar-refractivity contribution in [1.82, 2.24) is 10.2 Å². The van der Waals surface area contributed by atoms with Crippen LogP contribution in [-0.4, -0.2) is 44.3 Å². The number of rotatable bonds is 14. The van der Waals surface area contributed by atoms with Crippen molar-refractivity contribution < 1.29 is 18.0 Å². The number of carbonyl (C=O) groups excluding carboxylic acids is 2. The number of sulfonamides is 1. The molecule has 10 heteroatoms. The van der Waals surface area contributed by atoms with Crippen molar-refractivity contribution in [3.8, 4) is 0 Å². The van der Waals surface area contributed by atoms with Gasteiger partial charge in [-0.3, -0.25) is 13.9 Å². The SMILES string of the molecule is CCCCNC(=O)[C@H](Cc1ccccc1)N(Cc1cccc(Br)c1)C(=O)CN(c1ccc(C)c(C)c1)S(=O)(=O)c1ccc(Cl)cc1. The van der Waals surface area contributed by atoms with Gasteiger partial charge in [0.25, 0.3) is 10.0 Å². The maximum absolute atomic E-state index is 14.6. The molecule has 0 saturated carbocycles. The van der Waals surface area contributed by atoms with E-state index in [0.717, 1.165) is 43.9 Å². The summed E-state index contributed by atoms with van der Waals surface area (Å²) in [6.45, 7) is 5.92. The first-order valence-corrected chi connectivity index (χ1v) is 17.8. The number of nitrogens with zero attached hydrogens (tertiary/aromatic N) is 2. The molecule has 0 spiro atoms. The molecule has 0 unspecified atom stereocenters. The fourth-order valence-electron chi connectivity index (χ4n) is 5.04. The molecule has 4 aromatic rings. The molecule has 0 saturated heterocycles. The number of benzene rings is 4. The van der Waals surface area contributed by atoms with E-state index in [-0.39, 0.29) is 23.8 Å². The maximum Gasteiger partial charge on any atom is 0.264 e. The zero-order valence-corrected chi connectivity index (χ0v) is 29.4. The highest BCUT2D eigenvalue weighted by Crippen LogP contribution is 2.28. The maximum atomic E-state index is 14.6. The van der Waals surface area contributed by atoms with Crippen LogP contribution in [0.1, 0.15) is 42.0 Å². The van der Waals surface area contributed by atoms with E-state index in [0.29, 0.717) is 17.3 Å². The number of aryl methyl sites for hydroxylation is 2. The Balaban J connectivity index is 1.81. The molecule has 0 aliphatic rings. The molecular formula is C36H39BrClN3O4S. The topological polar surface area (TPSA) is 86.8 Å². The van der Waals surface area contributed by atoms with E-state index in [1.165, 1.54) is 29.2 Å². The summed E-state index contributed by atoms with van der Waals surface area (Å²) >= 11 is 9.59. The second-order valence-electron chi connectivity index (χ2n) is 11.2. The van der Waals surface area contributed by atoms with Crippen molar-refractivity contribution in [2.45, 2.75) is 57.5 Å². The van der Waals surface area contributed by atoms with Gasteiger partial charge in [-0.15, -0.1) is 0 Å². The lowest BCUT2D eigenvalue weighted by atomic mass is 10.0. The molecule has 0 heterocycles. The Morgan fingerprint density at radius 2 is 1.57 bits per heavy atom. The second-order valence-corrected chi connectivity index (χ2v) is 14.5. The van der Waals surface area contributed by atoms with Crippen LogP contribution in [0.2, 0.25) is 5.02 Å². The smallest absolute Gasteiger partial charge is 0.264 e. The van der Waals surface area contributed by atoms with Crippen LogP contribution < -0.4 is 9.62 Å². The molecule has 2 amide bonds. The number of hydrogen-bond donors (Lipinski definition) is 1. The molecule has 0 aromatic heterocycles. The standard InChI is InChI=1S/C36H39BrClN3O4S/c1-4-5-20-39-36(43)34(23-28-10-7-6-8-11-28)40(24-29-12-9-13-30(37)22-29)35(42)25-41(32-17-14-26(2)27(3)21-32)46(44,45)33-18-15-31(38)16-19-33/h6-19,21-22,34H,4-5,20,23-25H2,1-3H3,(H,39,43)/t34-/m0/s1. The zero-order valence-electron chi connectivity index (χ0n) is 26.2. The van der Waals surface area contributed by atoms with Crippen LogP contribution in [-0.2, 0) is 32.6 Å². The van der Waals surface area contributed by atoms with Gasteiger partial charge in [0.1, 0.15) is 12.6 Å². The average Bonchev–Trinajstić information content (AvgIpc) is 3.03. The minimum absolute atomic E-state index is 0.000359. The molecule has 1 N–H and O–H groups in total. The summed E-state index contributed by atoms with van der Waals surface area (Å²) in [4.78, 5) is 29.9. The minimum atomic E-state index is -4.21. The summed E-state index contributed by atoms with van der Waals surface area (Å²) in [7, 11) is -4.21. The summed E-state index contributed by atoms with van der Waals surface area (Å²) in [5.74, 6) is -0.804. The van der Waals surface area contributed by atoms with Crippen LogP contribution in [0, 0.1) is 13.8 Å². The highest BCUT2D eigenvalue weighted by molar-refractivity contribution is 9.10. The van der Waals surface area contributed by atoms with Crippen molar-refractivity contribution in [2.24, 2.45) is 0 Å². The Morgan fingerprint density at radius 3 is 2.22 bits per heavy atom. The second kappa shape index (κ2) is 16.3. The van der Waals surface area contributed by atoms with Crippen LogP contribution in [0.25, 0.3) is 0 Å². The van der Waals surface area contributed by atoms with Gasteiger partial charge in [-0.2, -0.15) is 0 Å². The number of amides is 2. The van der Waals surface area contributed by atoms with Crippen molar-refractivity contribution in [3.05, 3.63) is 129 Å². The average molecular weight is 725 g/mol. The van der Waals surface area contributed by atoms with Gasteiger partial charge in [0.15, 0.2) is 0 Å². The molecular weight excluding hydrogens is 686 g/mol. The van der Waals surface area contributed by atoms with Crippen molar-refractivity contribution in [1.29, 1.82) is 0 Å². The number of anilines is 1. The number of halogens is 2. The van der Waals surface area contributed by atoms with Crippen LogP contribution in [0.4, 0.5) is 5.69 Å². The van der Waals surface area contributed by atoms with Gasteiger partial charge in [0.2, 0.25) is 11.8 Å². The molecule has 4 aromatic carbocycles. The van der Waals surface area contributed by atoms with Crippen molar-refractivity contribution >= 4 is 55.1 Å². The number of nitrogens with one attached hydrogen (secondary N) is 1. The van der Waals surface area contributed by atoms with E-state index in [9.17, 15) is 18.0 Å². The lowest BCUT2D eigenvalue weighted by Gasteiger charge is -2.34. The van der Waals surface area contributed by atoms with Gasteiger partial charge in [-0.05, 0) is 91.1 Å². The third kappa shape index (κ3) is 9.21.